The first-order valence-electron chi connectivity index (χ1n) is 10.7. The van der Waals surface area contributed by atoms with E-state index in [0.29, 0.717) is 12.1 Å². The minimum Gasteiger partial charge on any atom is -0.494 e. The normalized spacial score (nSPS) is 19.9. The van der Waals surface area contributed by atoms with E-state index < -0.39 is 0 Å². The van der Waals surface area contributed by atoms with Crippen LogP contribution in [0.1, 0.15) is 42.5 Å². The summed E-state index contributed by atoms with van der Waals surface area (Å²) in [5.74, 6) is 0.965. The van der Waals surface area contributed by atoms with Crippen molar-refractivity contribution in [1.29, 1.82) is 0 Å². The van der Waals surface area contributed by atoms with E-state index in [1.807, 2.05) is 41.7 Å². The number of para-hydroxylation sites is 1. The van der Waals surface area contributed by atoms with Crippen molar-refractivity contribution in [3.63, 3.8) is 0 Å². The predicted molar refractivity (Wildman–Crippen MR) is 121 cm³/mol. The molecule has 0 spiro atoms. The molecule has 2 unspecified atom stereocenters. The van der Waals surface area contributed by atoms with Crippen LogP contribution < -0.4 is 4.74 Å². The van der Waals surface area contributed by atoms with Crippen LogP contribution >= 0.6 is 11.3 Å². The second kappa shape index (κ2) is 9.55. The van der Waals surface area contributed by atoms with Gasteiger partial charge in [-0.3, -0.25) is 4.90 Å². The molecule has 3 aromatic rings. The number of piperidine rings is 1. The number of hydrogen-bond acceptors (Lipinski definition) is 4. The van der Waals surface area contributed by atoms with Crippen LogP contribution in [0, 0.1) is 6.92 Å². The van der Waals surface area contributed by atoms with E-state index in [1.54, 1.807) is 0 Å². The lowest BCUT2D eigenvalue weighted by atomic mass is 9.94. The predicted octanol–water partition coefficient (Wildman–Crippen LogP) is 6.33. The maximum Gasteiger partial charge on any atom is 0.119 e. The van der Waals surface area contributed by atoms with Gasteiger partial charge in [0.2, 0.25) is 0 Å². The van der Waals surface area contributed by atoms with Crippen LogP contribution in [-0.2, 0) is 6.54 Å². The van der Waals surface area contributed by atoms with E-state index in [0.717, 1.165) is 36.0 Å². The molecule has 0 bridgehead atoms. The van der Waals surface area contributed by atoms with Gasteiger partial charge in [0.1, 0.15) is 5.75 Å². The van der Waals surface area contributed by atoms with Gasteiger partial charge >= 0.3 is 0 Å². The summed E-state index contributed by atoms with van der Waals surface area (Å²) in [6, 6.07) is 21.9. The molecular weight excluding hydrogens is 376 g/mol. The molecule has 2 aromatic carbocycles. The van der Waals surface area contributed by atoms with Crippen LogP contribution in [0.5, 0.6) is 5.75 Å². The fraction of sp³-hybridized carbons (Fsp3) is 0.400. The Kier molecular flexibility index (Phi) is 6.63. The molecule has 0 N–H and O–H groups in total. The molecule has 1 aliphatic heterocycles. The van der Waals surface area contributed by atoms with E-state index in [2.05, 4.69) is 49.1 Å². The highest BCUT2D eigenvalue weighted by atomic mass is 32.1. The Balaban J connectivity index is 1.47. The Labute approximate surface area is 178 Å². The van der Waals surface area contributed by atoms with Gasteiger partial charge in [0, 0.05) is 29.1 Å². The molecule has 4 heteroatoms. The first kappa shape index (κ1) is 20.1. The molecule has 4 rings (SSSR count). The van der Waals surface area contributed by atoms with E-state index in [-0.39, 0.29) is 0 Å². The van der Waals surface area contributed by atoms with Crippen molar-refractivity contribution in [2.45, 2.75) is 58.2 Å². The number of ether oxygens (including phenoxy) is 1. The van der Waals surface area contributed by atoms with Gasteiger partial charge in [0.15, 0.2) is 0 Å². The SMILES string of the molecule is Cc1nc(-c2ccccc2)c(CN2C(C)CCCC2CCOc2ccccc2)s1. The summed E-state index contributed by atoms with van der Waals surface area (Å²) >= 11 is 1.84. The largest absolute Gasteiger partial charge is 0.494 e. The van der Waals surface area contributed by atoms with Crippen LogP contribution in [0.15, 0.2) is 60.7 Å². The number of nitrogens with zero attached hydrogens (tertiary/aromatic N) is 2. The lowest BCUT2D eigenvalue weighted by Crippen LogP contribution is -2.45. The summed E-state index contributed by atoms with van der Waals surface area (Å²) in [5.41, 5.74) is 2.38. The topological polar surface area (TPSA) is 25.4 Å². The monoisotopic (exact) mass is 406 g/mol. The zero-order valence-corrected chi connectivity index (χ0v) is 18.2. The Hall–Kier alpha value is -2.17. The van der Waals surface area contributed by atoms with Crippen LogP contribution in [0.4, 0.5) is 0 Å². The van der Waals surface area contributed by atoms with Crippen molar-refractivity contribution in [3.8, 4) is 17.0 Å². The minimum atomic E-state index is 0.563. The molecule has 0 saturated carbocycles. The minimum absolute atomic E-state index is 0.563. The van der Waals surface area contributed by atoms with E-state index in [4.69, 9.17) is 9.72 Å². The molecule has 0 aliphatic carbocycles. The average molecular weight is 407 g/mol. The van der Waals surface area contributed by atoms with Gasteiger partial charge in [-0.15, -0.1) is 11.3 Å². The van der Waals surface area contributed by atoms with Gasteiger partial charge in [0.25, 0.3) is 0 Å². The Morgan fingerprint density at radius 3 is 2.52 bits per heavy atom. The number of rotatable bonds is 7. The van der Waals surface area contributed by atoms with Crippen molar-refractivity contribution < 1.29 is 4.74 Å². The highest BCUT2D eigenvalue weighted by Gasteiger charge is 2.29. The first-order chi connectivity index (χ1) is 14.2. The Morgan fingerprint density at radius 1 is 1.03 bits per heavy atom. The first-order valence-corrected chi connectivity index (χ1v) is 11.5. The maximum absolute atomic E-state index is 6.00. The van der Waals surface area contributed by atoms with Gasteiger partial charge in [-0.2, -0.15) is 0 Å². The maximum atomic E-state index is 6.00. The summed E-state index contributed by atoms with van der Waals surface area (Å²) in [7, 11) is 0. The summed E-state index contributed by atoms with van der Waals surface area (Å²) < 4.78 is 6.00. The van der Waals surface area contributed by atoms with Gasteiger partial charge < -0.3 is 4.74 Å². The number of benzene rings is 2. The number of aryl methyl sites for hydroxylation is 1. The molecule has 1 saturated heterocycles. The Morgan fingerprint density at radius 2 is 1.76 bits per heavy atom. The third-order valence-corrected chi connectivity index (χ3v) is 6.79. The Bertz CT molecular complexity index is 894. The summed E-state index contributed by atoms with van der Waals surface area (Å²) in [6.07, 6.45) is 4.90. The van der Waals surface area contributed by atoms with Crippen molar-refractivity contribution in [3.05, 3.63) is 70.5 Å². The second-order valence-corrected chi connectivity index (χ2v) is 9.21. The molecule has 152 valence electrons. The summed E-state index contributed by atoms with van der Waals surface area (Å²) in [5, 5.41) is 1.15. The quantitative estimate of drug-likeness (QED) is 0.458. The van der Waals surface area contributed by atoms with Crippen LogP contribution in [0.3, 0.4) is 0 Å². The highest BCUT2D eigenvalue weighted by molar-refractivity contribution is 7.12. The molecule has 3 nitrogen and oxygen atoms in total. The average Bonchev–Trinajstić information content (AvgIpc) is 3.12. The molecule has 2 heterocycles. The third-order valence-electron chi connectivity index (χ3n) is 5.84. The highest BCUT2D eigenvalue weighted by Crippen LogP contribution is 2.33. The number of likely N-dealkylation sites (tertiary alicyclic amines) is 1. The smallest absolute Gasteiger partial charge is 0.119 e. The number of thiazole rings is 1. The van der Waals surface area contributed by atoms with Gasteiger partial charge in [-0.25, -0.2) is 4.98 Å². The lowest BCUT2D eigenvalue weighted by molar-refractivity contribution is 0.0705. The van der Waals surface area contributed by atoms with Crippen LogP contribution in [0.2, 0.25) is 0 Å². The van der Waals surface area contributed by atoms with Gasteiger partial charge in [-0.1, -0.05) is 55.0 Å². The molecule has 29 heavy (non-hydrogen) atoms. The van der Waals surface area contributed by atoms with Crippen LogP contribution in [0.25, 0.3) is 11.3 Å². The lowest BCUT2D eigenvalue weighted by Gasteiger charge is -2.40. The molecule has 2 atom stereocenters. The second-order valence-electron chi connectivity index (χ2n) is 7.93. The zero-order valence-electron chi connectivity index (χ0n) is 17.4. The molecule has 0 amide bonds. The molecule has 0 radical (unpaired) electrons. The third kappa shape index (κ3) is 5.06. The number of aromatic nitrogens is 1. The standard InChI is InChI=1S/C25H30N2OS/c1-19-10-9-13-22(16-17-28-23-14-7-4-8-15-23)27(19)18-24-25(26-20(2)29-24)21-11-5-3-6-12-21/h3-8,11-12,14-15,19,22H,9-10,13,16-18H2,1-2H3. The van der Waals surface area contributed by atoms with Gasteiger partial charge in [0.05, 0.1) is 17.3 Å². The molecular formula is C25H30N2OS. The zero-order chi connectivity index (χ0) is 20.1. The van der Waals surface area contributed by atoms with Crippen molar-refractivity contribution in [2.24, 2.45) is 0 Å². The van der Waals surface area contributed by atoms with Crippen molar-refractivity contribution >= 4 is 11.3 Å². The molecule has 1 aliphatic rings. The van der Waals surface area contributed by atoms with E-state index in [1.165, 1.54) is 29.7 Å². The van der Waals surface area contributed by atoms with E-state index in [9.17, 15) is 0 Å². The summed E-state index contributed by atoms with van der Waals surface area (Å²) in [6.45, 7) is 6.24. The summed E-state index contributed by atoms with van der Waals surface area (Å²) in [4.78, 5) is 8.94. The molecule has 1 aromatic heterocycles. The fourth-order valence-electron chi connectivity index (χ4n) is 4.33. The van der Waals surface area contributed by atoms with E-state index >= 15 is 0 Å². The fourth-order valence-corrected chi connectivity index (χ4v) is 5.30. The van der Waals surface area contributed by atoms with Crippen molar-refractivity contribution in [2.75, 3.05) is 6.61 Å². The number of hydrogen-bond donors (Lipinski definition) is 0. The van der Waals surface area contributed by atoms with Crippen LogP contribution in [-0.4, -0.2) is 28.6 Å². The van der Waals surface area contributed by atoms with Gasteiger partial charge in [-0.05, 0) is 45.2 Å². The van der Waals surface area contributed by atoms with Crippen molar-refractivity contribution in [1.82, 2.24) is 9.88 Å². The molecule has 1 fully saturated rings.